The lowest BCUT2D eigenvalue weighted by atomic mass is 9.84. The van der Waals surface area contributed by atoms with E-state index in [0.29, 0.717) is 19.0 Å². The molecule has 2 N–H and O–H groups in total. The molecule has 6 nitrogen and oxygen atoms in total. The second-order valence-corrected chi connectivity index (χ2v) is 8.91. The van der Waals surface area contributed by atoms with Crippen molar-refractivity contribution in [3.63, 3.8) is 0 Å². The number of likely N-dealkylation sites (tertiary alicyclic amines) is 1. The van der Waals surface area contributed by atoms with Crippen LogP contribution < -0.4 is 10.6 Å². The number of hydrogen-bond donors (Lipinski definition) is 2. The van der Waals surface area contributed by atoms with Gasteiger partial charge in [0.1, 0.15) is 6.04 Å². The van der Waals surface area contributed by atoms with Crippen LogP contribution in [0.3, 0.4) is 0 Å². The number of amides is 2. The SMILES string of the molecule is CC(C)N1CC[C@@]2(C[C@@H](C(=O)NCCN3CCc4ccccc4C3)NC2=O)C1. The third-order valence-electron chi connectivity index (χ3n) is 6.75. The van der Waals surface area contributed by atoms with Gasteiger partial charge in [-0.05, 0) is 50.8 Å². The van der Waals surface area contributed by atoms with E-state index in [0.717, 1.165) is 45.6 Å². The van der Waals surface area contributed by atoms with E-state index in [-0.39, 0.29) is 23.3 Å². The molecule has 1 aromatic carbocycles. The van der Waals surface area contributed by atoms with Gasteiger partial charge in [-0.1, -0.05) is 24.3 Å². The number of nitrogens with one attached hydrogen (secondary N) is 2. The first-order valence-corrected chi connectivity index (χ1v) is 10.6. The number of rotatable bonds is 5. The van der Waals surface area contributed by atoms with Gasteiger partial charge in [-0.25, -0.2) is 0 Å². The molecule has 152 valence electrons. The maximum atomic E-state index is 12.6. The molecule has 4 rings (SSSR count). The van der Waals surface area contributed by atoms with Gasteiger partial charge in [0.25, 0.3) is 0 Å². The molecular formula is C22H32N4O2. The van der Waals surface area contributed by atoms with Crippen molar-refractivity contribution in [1.29, 1.82) is 0 Å². The number of carbonyl (C=O) groups excluding carboxylic acids is 2. The molecular weight excluding hydrogens is 352 g/mol. The first-order chi connectivity index (χ1) is 13.5. The predicted molar refractivity (Wildman–Crippen MR) is 109 cm³/mol. The van der Waals surface area contributed by atoms with E-state index in [2.05, 4.69) is 58.5 Å². The standard InChI is InChI=1S/C22H32N4O2/c1-16(2)26-11-8-22(15-26)13-19(24-21(22)28)20(27)23-9-12-25-10-7-17-5-3-4-6-18(17)14-25/h3-6,16,19H,7-15H2,1-2H3,(H,23,27)(H,24,28)/t19-,22+/m0/s1. The Bertz CT molecular complexity index is 750. The number of carbonyl (C=O) groups is 2. The molecule has 3 aliphatic rings. The molecule has 3 heterocycles. The van der Waals surface area contributed by atoms with Gasteiger partial charge in [-0.15, -0.1) is 0 Å². The van der Waals surface area contributed by atoms with Crippen molar-refractivity contribution >= 4 is 11.8 Å². The fraction of sp³-hybridized carbons (Fsp3) is 0.636. The topological polar surface area (TPSA) is 64.7 Å². The van der Waals surface area contributed by atoms with Crippen molar-refractivity contribution < 1.29 is 9.59 Å². The molecule has 0 saturated carbocycles. The summed E-state index contributed by atoms with van der Waals surface area (Å²) in [7, 11) is 0. The Balaban J connectivity index is 1.25. The van der Waals surface area contributed by atoms with Crippen molar-refractivity contribution in [3.8, 4) is 0 Å². The summed E-state index contributed by atoms with van der Waals surface area (Å²) in [6.07, 6.45) is 2.55. The quantitative estimate of drug-likeness (QED) is 0.799. The van der Waals surface area contributed by atoms with Crippen LogP contribution in [0.4, 0.5) is 0 Å². The van der Waals surface area contributed by atoms with Crippen LogP contribution in [0.25, 0.3) is 0 Å². The van der Waals surface area contributed by atoms with Gasteiger partial charge in [-0.2, -0.15) is 0 Å². The molecule has 0 aliphatic carbocycles. The Labute approximate surface area is 167 Å². The lowest BCUT2D eigenvalue weighted by molar-refractivity contribution is -0.128. The first kappa shape index (κ1) is 19.4. The molecule has 0 bridgehead atoms. The zero-order chi connectivity index (χ0) is 19.7. The third-order valence-corrected chi connectivity index (χ3v) is 6.75. The molecule has 0 aromatic heterocycles. The number of benzene rings is 1. The highest BCUT2D eigenvalue weighted by molar-refractivity contribution is 5.94. The molecule has 6 heteroatoms. The van der Waals surface area contributed by atoms with Crippen molar-refractivity contribution in [2.24, 2.45) is 5.41 Å². The van der Waals surface area contributed by atoms with E-state index >= 15 is 0 Å². The van der Waals surface area contributed by atoms with Crippen LogP contribution in [0.2, 0.25) is 0 Å². The van der Waals surface area contributed by atoms with Crippen molar-refractivity contribution in [1.82, 2.24) is 20.4 Å². The summed E-state index contributed by atoms with van der Waals surface area (Å²) >= 11 is 0. The Morgan fingerprint density at radius 3 is 2.82 bits per heavy atom. The zero-order valence-electron chi connectivity index (χ0n) is 17.0. The minimum atomic E-state index is -0.387. The summed E-state index contributed by atoms with van der Waals surface area (Å²) in [5.74, 6) is 0.0223. The van der Waals surface area contributed by atoms with Gasteiger partial charge in [-0.3, -0.25) is 19.4 Å². The zero-order valence-corrected chi connectivity index (χ0v) is 17.0. The summed E-state index contributed by atoms with van der Waals surface area (Å²) in [5.41, 5.74) is 2.46. The lowest BCUT2D eigenvalue weighted by Gasteiger charge is -2.28. The molecule has 2 fully saturated rings. The fourth-order valence-corrected chi connectivity index (χ4v) is 4.91. The third kappa shape index (κ3) is 3.80. The first-order valence-electron chi connectivity index (χ1n) is 10.6. The summed E-state index contributed by atoms with van der Waals surface area (Å²) in [4.78, 5) is 29.9. The van der Waals surface area contributed by atoms with Gasteiger partial charge in [0.15, 0.2) is 0 Å². The molecule has 0 radical (unpaired) electrons. The monoisotopic (exact) mass is 384 g/mol. The van der Waals surface area contributed by atoms with E-state index in [1.165, 1.54) is 11.1 Å². The molecule has 1 aromatic rings. The molecule has 28 heavy (non-hydrogen) atoms. The van der Waals surface area contributed by atoms with E-state index in [9.17, 15) is 9.59 Å². The minimum absolute atomic E-state index is 0.0365. The molecule has 0 unspecified atom stereocenters. The minimum Gasteiger partial charge on any atom is -0.353 e. The Morgan fingerprint density at radius 1 is 1.29 bits per heavy atom. The van der Waals surface area contributed by atoms with Gasteiger partial charge >= 0.3 is 0 Å². The van der Waals surface area contributed by atoms with Gasteiger partial charge in [0.05, 0.1) is 5.41 Å². The van der Waals surface area contributed by atoms with Gasteiger partial charge in [0.2, 0.25) is 11.8 Å². The number of hydrogen-bond acceptors (Lipinski definition) is 4. The van der Waals surface area contributed by atoms with Crippen LogP contribution in [0.15, 0.2) is 24.3 Å². The summed E-state index contributed by atoms with van der Waals surface area (Å²) in [6, 6.07) is 8.64. The summed E-state index contributed by atoms with van der Waals surface area (Å²) in [5, 5.41) is 6.00. The van der Waals surface area contributed by atoms with E-state index < -0.39 is 0 Å². The average Bonchev–Trinajstić information content (AvgIpc) is 3.26. The lowest BCUT2D eigenvalue weighted by Crippen LogP contribution is -2.44. The van der Waals surface area contributed by atoms with E-state index in [4.69, 9.17) is 0 Å². The Hall–Kier alpha value is -1.92. The highest BCUT2D eigenvalue weighted by Crippen LogP contribution is 2.40. The molecule has 2 amide bonds. The Kier molecular flexibility index (Phi) is 5.43. The summed E-state index contributed by atoms with van der Waals surface area (Å²) < 4.78 is 0. The normalized spacial score (nSPS) is 28.0. The van der Waals surface area contributed by atoms with Crippen LogP contribution in [-0.4, -0.2) is 66.4 Å². The van der Waals surface area contributed by atoms with Crippen molar-refractivity contribution in [2.45, 2.75) is 51.7 Å². The largest absolute Gasteiger partial charge is 0.353 e. The van der Waals surface area contributed by atoms with Crippen LogP contribution in [0.5, 0.6) is 0 Å². The molecule has 1 spiro atoms. The number of fused-ring (bicyclic) bond motifs is 1. The smallest absolute Gasteiger partial charge is 0.242 e. The molecule has 3 aliphatic heterocycles. The second-order valence-electron chi connectivity index (χ2n) is 8.91. The highest BCUT2D eigenvalue weighted by Gasteiger charge is 2.52. The van der Waals surface area contributed by atoms with E-state index in [1.54, 1.807) is 0 Å². The molecule has 2 saturated heterocycles. The second kappa shape index (κ2) is 7.84. The Morgan fingerprint density at radius 2 is 2.07 bits per heavy atom. The average molecular weight is 385 g/mol. The van der Waals surface area contributed by atoms with Crippen LogP contribution in [0, 0.1) is 5.41 Å². The summed E-state index contributed by atoms with van der Waals surface area (Å²) in [6.45, 7) is 9.47. The fourth-order valence-electron chi connectivity index (χ4n) is 4.91. The van der Waals surface area contributed by atoms with E-state index in [1.807, 2.05) is 0 Å². The maximum Gasteiger partial charge on any atom is 0.242 e. The number of nitrogens with zero attached hydrogens (tertiary/aromatic N) is 2. The van der Waals surface area contributed by atoms with Gasteiger partial charge in [0, 0.05) is 38.8 Å². The molecule has 2 atom stereocenters. The van der Waals surface area contributed by atoms with Crippen molar-refractivity contribution in [2.75, 3.05) is 32.7 Å². The predicted octanol–water partition coefficient (Wildman–Crippen LogP) is 1.15. The van der Waals surface area contributed by atoms with Crippen molar-refractivity contribution in [3.05, 3.63) is 35.4 Å². The van der Waals surface area contributed by atoms with Crippen LogP contribution in [0.1, 0.15) is 37.8 Å². The maximum absolute atomic E-state index is 12.6. The highest BCUT2D eigenvalue weighted by atomic mass is 16.2. The van der Waals surface area contributed by atoms with Crippen LogP contribution >= 0.6 is 0 Å². The van der Waals surface area contributed by atoms with Gasteiger partial charge < -0.3 is 10.6 Å². The van der Waals surface area contributed by atoms with Crippen LogP contribution in [-0.2, 0) is 22.6 Å².